The summed E-state index contributed by atoms with van der Waals surface area (Å²) in [6, 6.07) is 17.4. The Morgan fingerprint density at radius 1 is 1.10 bits per heavy atom. The van der Waals surface area contributed by atoms with Crippen LogP contribution >= 0.6 is 0 Å². The van der Waals surface area contributed by atoms with Crippen molar-refractivity contribution in [3.05, 3.63) is 66.4 Å². The molecular weight excluding hydrogens is 262 g/mol. The van der Waals surface area contributed by atoms with Gasteiger partial charge in [-0.25, -0.2) is 4.79 Å². The van der Waals surface area contributed by atoms with Crippen molar-refractivity contribution in [2.75, 3.05) is 12.4 Å². The number of urea groups is 1. The number of para-hydroxylation sites is 2. The van der Waals surface area contributed by atoms with E-state index in [4.69, 9.17) is 0 Å². The topological polar surface area (TPSA) is 48.1 Å². The highest BCUT2D eigenvalue weighted by Gasteiger charge is 2.11. The maximum atomic E-state index is 12.2. The van der Waals surface area contributed by atoms with Gasteiger partial charge in [0.2, 0.25) is 0 Å². The van der Waals surface area contributed by atoms with Crippen molar-refractivity contribution in [1.29, 1.82) is 0 Å². The van der Waals surface area contributed by atoms with Gasteiger partial charge in [-0.15, -0.1) is 0 Å². The quantitative estimate of drug-likeness (QED) is 0.752. The summed E-state index contributed by atoms with van der Waals surface area (Å²) in [5, 5.41) is 4.03. The minimum atomic E-state index is -0.119. The lowest BCUT2D eigenvalue weighted by atomic mass is 10.2. The standard InChI is InChI=1S/C17H17N3O/c1-20(17(21)19-14-7-3-2-4-8-14)12-13-11-18-16-10-6-5-9-15(13)16/h2-11,18H,12H2,1H3,(H,19,21). The minimum absolute atomic E-state index is 0.119. The van der Waals surface area contributed by atoms with Crippen LogP contribution in [0.1, 0.15) is 5.56 Å². The van der Waals surface area contributed by atoms with Crippen molar-refractivity contribution in [2.45, 2.75) is 6.54 Å². The molecule has 0 aliphatic carbocycles. The summed E-state index contributed by atoms with van der Waals surface area (Å²) in [4.78, 5) is 17.1. The molecule has 0 atom stereocenters. The summed E-state index contributed by atoms with van der Waals surface area (Å²) >= 11 is 0. The Balaban J connectivity index is 1.71. The molecule has 2 N–H and O–H groups in total. The summed E-state index contributed by atoms with van der Waals surface area (Å²) in [6.07, 6.45) is 1.96. The number of hydrogen-bond donors (Lipinski definition) is 2. The lowest BCUT2D eigenvalue weighted by Crippen LogP contribution is -2.30. The zero-order valence-electron chi connectivity index (χ0n) is 11.8. The predicted octanol–water partition coefficient (Wildman–Crippen LogP) is 3.83. The van der Waals surface area contributed by atoms with E-state index in [2.05, 4.69) is 16.4 Å². The fourth-order valence-electron chi connectivity index (χ4n) is 2.33. The van der Waals surface area contributed by atoms with E-state index in [0.29, 0.717) is 6.54 Å². The van der Waals surface area contributed by atoms with Crippen LogP contribution in [0.25, 0.3) is 10.9 Å². The number of H-pyrrole nitrogens is 1. The van der Waals surface area contributed by atoms with Crippen LogP contribution in [-0.4, -0.2) is 23.0 Å². The fourth-order valence-corrected chi connectivity index (χ4v) is 2.33. The first-order valence-corrected chi connectivity index (χ1v) is 6.86. The van der Waals surface area contributed by atoms with Crippen molar-refractivity contribution < 1.29 is 4.79 Å². The Morgan fingerprint density at radius 2 is 1.81 bits per heavy atom. The van der Waals surface area contributed by atoms with Gasteiger partial charge < -0.3 is 15.2 Å². The first-order valence-electron chi connectivity index (χ1n) is 6.86. The van der Waals surface area contributed by atoms with Crippen molar-refractivity contribution >= 4 is 22.6 Å². The maximum Gasteiger partial charge on any atom is 0.321 e. The Kier molecular flexibility index (Phi) is 3.60. The second-order valence-electron chi connectivity index (χ2n) is 5.01. The molecule has 0 unspecified atom stereocenters. The Morgan fingerprint density at radius 3 is 2.62 bits per heavy atom. The van der Waals surface area contributed by atoms with Crippen LogP contribution in [-0.2, 0) is 6.54 Å². The number of anilines is 1. The molecule has 0 fully saturated rings. The first kappa shape index (κ1) is 13.2. The molecule has 106 valence electrons. The molecular formula is C17H17N3O. The third-order valence-corrected chi connectivity index (χ3v) is 3.45. The molecule has 0 aliphatic heterocycles. The third-order valence-electron chi connectivity index (χ3n) is 3.45. The SMILES string of the molecule is CN(Cc1c[nH]c2ccccc12)C(=O)Nc1ccccc1. The van der Waals surface area contributed by atoms with E-state index in [9.17, 15) is 4.79 Å². The molecule has 4 nitrogen and oxygen atoms in total. The number of nitrogens with one attached hydrogen (secondary N) is 2. The highest BCUT2D eigenvalue weighted by Crippen LogP contribution is 2.19. The molecule has 1 heterocycles. The van der Waals surface area contributed by atoms with E-state index in [1.165, 1.54) is 0 Å². The summed E-state index contributed by atoms with van der Waals surface area (Å²) in [7, 11) is 1.79. The molecule has 3 aromatic rings. The summed E-state index contributed by atoms with van der Waals surface area (Å²) < 4.78 is 0. The molecule has 2 amide bonds. The predicted molar refractivity (Wildman–Crippen MR) is 85.2 cm³/mol. The number of fused-ring (bicyclic) bond motifs is 1. The number of hydrogen-bond acceptors (Lipinski definition) is 1. The van der Waals surface area contributed by atoms with Crippen LogP contribution in [0.3, 0.4) is 0 Å². The number of nitrogens with zero attached hydrogens (tertiary/aromatic N) is 1. The second-order valence-corrected chi connectivity index (χ2v) is 5.01. The first-order chi connectivity index (χ1) is 10.2. The van der Waals surface area contributed by atoms with Gasteiger partial charge in [-0.3, -0.25) is 0 Å². The van der Waals surface area contributed by atoms with E-state index < -0.39 is 0 Å². The van der Waals surface area contributed by atoms with Gasteiger partial charge in [-0.05, 0) is 23.8 Å². The molecule has 2 aromatic carbocycles. The normalized spacial score (nSPS) is 10.5. The highest BCUT2D eigenvalue weighted by atomic mass is 16.2. The van der Waals surface area contributed by atoms with Crippen molar-refractivity contribution in [2.24, 2.45) is 0 Å². The zero-order valence-corrected chi connectivity index (χ0v) is 11.8. The zero-order chi connectivity index (χ0) is 14.7. The minimum Gasteiger partial charge on any atom is -0.361 e. The van der Waals surface area contributed by atoms with Crippen LogP contribution in [0.5, 0.6) is 0 Å². The molecule has 4 heteroatoms. The number of amides is 2. The van der Waals surface area contributed by atoms with Gasteiger partial charge in [0.25, 0.3) is 0 Å². The molecule has 0 bridgehead atoms. The van der Waals surface area contributed by atoms with Gasteiger partial charge in [0, 0.05) is 36.4 Å². The Hall–Kier alpha value is -2.75. The van der Waals surface area contributed by atoms with Crippen molar-refractivity contribution in [3.63, 3.8) is 0 Å². The van der Waals surface area contributed by atoms with Gasteiger partial charge in [0.15, 0.2) is 0 Å². The molecule has 0 spiro atoms. The van der Waals surface area contributed by atoms with E-state index in [-0.39, 0.29) is 6.03 Å². The third kappa shape index (κ3) is 2.89. The Bertz CT molecular complexity index is 749. The number of carbonyl (C=O) groups excluding carboxylic acids is 1. The van der Waals surface area contributed by atoms with Gasteiger partial charge in [-0.1, -0.05) is 36.4 Å². The number of aromatic amines is 1. The van der Waals surface area contributed by atoms with E-state index in [1.54, 1.807) is 11.9 Å². The van der Waals surface area contributed by atoms with E-state index >= 15 is 0 Å². The average Bonchev–Trinajstić information content (AvgIpc) is 2.91. The Labute approximate surface area is 123 Å². The number of benzene rings is 2. The van der Waals surface area contributed by atoms with Gasteiger partial charge >= 0.3 is 6.03 Å². The number of rotatable bonds is 3. The van der Waals surface area contributed by atoms with Crippen LogP contribution < -0.4 is 5.32 Å². The smallest absolute Gasteiger partial charge is 0.321 e. The van der Waals surface area contributed by atoms with Gasteiger partial charge in [0.05, 0.1) is 0 Å². The number of carbonyl (C=O) groups is 1. The molecule has 21 heavy (non-hydrogen) atoms. The van der Waals surface area contributed by atoms with Gasteiger partial charge in [0.1, 0.15) is 0 Å². The monoisotopic (exact) mass is 279 g/mol. The lowest BCUT2D eigenvalue weighted by molar-refractivity contribution is 0.221. The summed E-state index contributed by atoms with van der Waals surface area (Å²) in [6.45, 7) is 0.558. The molecule has 0 radical (unpaired) electrons. The highest BCUT2D eigenvalue weighted by molar-refractivity contribution is 5.89. The summed E-state index contributed by atoms with van der Waals surface area (Å²) in [5.41, 5.74) is 2.99. The van der Waals surface area contributed by atoms with Gasteiger partial charge in [-0.2, -0.15) is 0 Å². The molecule has 1 aromatic heterocycles. The molecule has 3 rings (SSSR count). The van der Waals surface area contributed by atoms with E-state index in [1.807, 2.05) is 54.7 Å². The van der Waals surface area contributed by atoms with Crippen molar-refractivity contribution in [3.8, 4) is 0 Å². The molecule has 0 aliphatic rings. The number of aromatic nitrogens is 1. The second kappa shape index (κ2) is 5.71. The fraction of sp³-hybridized carbons (Fsp3) is 0.118. The largest absolute Gasteiger partial charge is 0.361 e. The lowest BCUT2D eigenvalue weighted by Gasteiger charge is -2.17. The molecule has 0 saturated heterocycles. The van der Waals surface area contributed by atoms with Crippen LogP contribution in [0.15, 0.2) is 60.8 Å². The maximum absolute atomic E-state index is 12.2. The van der Waals surface area contributed by atoms with Crippen LogP contribution in [0.4, 0.5) is 10.5 Å². The van der Waals surface area contributed by atoms with Crippen molar-refractivity contribution in [1.82, 2.24) is 9.88 Å². The summed E-state index contributed by atoms with van der Waals surface area (Å²) in [5.74, 6) is 0. The van der Waals surface area contributed by atoms with E-state index in [0.717, 1.165) is 22.2 Å². The van der Waals surface area contributed by atoms with Crippen LogP contribution in [0, 0.1) is 0 Å². The van der Waals surface area contributed by atoms with Crippen LogP contribution in [0.2, 0.25) is 0 Å². The molecule has 0 saturated carbocycles. The average molecular weight is 279 g/mol.